The molecule has 0 aliphatic carbocycles. The van der Waals surface area contributed by atoms with Gasteiger partial charge in [0.1, 0.15) is 24.4 Å². The molecule has 11 heteroatoms. The first-order valence-electron chi connectivity index (χ1n) is 31.1. The number of esters is 1. The van der Waals surface area contributed by atoms with Crippen molar-refractivity contribution in [3.8, 4) is 0 Å². The molecule has 11 nitrogen and oxygen atoms in total. The molecule has 0 saturated carbocycles. The van der Waals surface area contributed by atoms with Gasteiger partial charge < -0.3 is 45.1 Å². The van der Waals surface area contributed by atoms with Crippen LogP contribution < -0.4 is 5.32 Å². The number of rotatable bonds is 54. The molecule has 1 fully saturated rings. The number of hydrogen-bond acceptors (Lipinski definition) is 10. The lowest BCUT2D eigenvalue weighted by molar-refractivity contribution is -0.302. The second kappa shape index (κ2) is 52.2. The fourth-order valence-electron chi connectivity index (χ4n) is 9.84. The van der Waals surface area contributed by atoms with Crippen LogP contribution in [-0.4, -0.2) is 100 Å². The minimum absolute atomic E-state index is 0.00776. The highest BCUT2D eigenvalue weighted by molar-refractivity contribution is 5.76. The van der Waals surface area contributed by atoms with E-state index in [0.29, 0.717) is 19.4 Å². The fourth-order valence-corrected chi connectivity index (χ4v) is 9.84. The predicted molar refractivity (Wildman–Crippen MR) is 301 cm³/mol. The number of allylic oxidation sites excluding steroid dienone is 3. The Morgan fingerprint density at radius 2 is 0.877 bits per heavy atom. The van der Waals surface area contributed by atoms with E-state index < -0.39 is 49.5 Å². The molecule has 1 saturated heterocycles. The molecule has 7 unspecified atom stereocenters. The molecule has 0 aromatic heterocycles. The molecule has 0 spiro atoms. The lowest BCUT2D eigenvalue weighted by Gasteiger charge is -2.40. The average Bonchev–Trinajstić information content (AvgIpc) is 3.39. The summed E-state index contributed by atoms with van der Waals surface area (Å²) in [5, 5.41) is 54.4. The van der Waals surface area contributed by atoms with Crippen molar-refractivity contribution >= 4 is 11.9 Å². The van der Waals surface area contributed by atoms with E-state index in [-0.39, 0.29) is 18.5 Å². The number of aliphatic hydroxyl groups is 5. The van der Waals surface area contributed by atoms with E-state index in [2.05, 4.69) is 31.3 Å². The monoisotopic (exact) mass is 1040 g/mol. The predicted octanol–water partition coefficient (Wildman–Crippen LogP) is 14.5. The van der Waals surface area contributed by atoms with Crippen LogP contribution in [0.1, 0.15) is 296 Å². The highest BCUT2D eigenvalue weighted by Crippen LogP contribution is 2.23. The van der Waals surface area contributed by atoms with Crippen molar-refractivity contribution < 1.29 is 49.3 Å². The molecule has 1 aliphatic heterocycles. The van der Waals surface area contributed by atoms with Crippen LogP contribution in [0, 0.1) is 0 Å². The molecule has 0 bridgehead atoms. The Kier molecular flexibility index (Phi) is 49.5. The van der Waals surface area contributed by atoms with Gasteiger partial charge in [-0.1, -0.05) is 250 Å². The maximum absolute atomic E-state index is 13.0. The molecule has 7 atom stereocenters. The quantitative estimate of drug-likeness (QED) is 0.0195. The van der Waals surface area contributed by atoms with Crippen molar-refractivity contribution in [1.82, 2.24) is 5.32 Å². The van der Waals surface area contributed by atoms with E-state index in [1.807, 2.05) is 6.08 Å². The van der Waals surface area contributed by atoms with Crippen molar-refractivity contribution in [2.45, 2.75) is 339 Å². The maximum atomic E-state index is 13.0. The second-order valence-electron chi connectivity index (χ2n) is 21.8. The zero-order valence-electron chi connectivity index (χ0n) is 47.4. The van der Waals surface area contributed by atoms with Crippen molar-refractivity contribution in [3.63, 3.8) is 0 Å². The Balaban J connectivity index is 2.10. The second-order valence-corrected chi connectivity index (χ2v) is 21.8. The highest BCUT2D eigenvalue weighted by Gasteiger charge is 2.44. The first-order valence-corrected chi connectivity index (χ1v) is 31.1. The van der Waals surface area contributed by atoms with Crippen LogP contribution in [0.2, 0.25) is 0 Å². The summed E-state index contributed by atoms with van der Waals surface area (Å²) < 4.78 is 16.7. The summed E-state index contributed by atoms with van der Waals surface area (Å²) in [4.78, 5) is 25.1. The van der Waals surface area contributed by atoms with Crippen LogP contribution in [-0.2, 0) is 23.8 Å². The molecular formula is C62H117NO10. The molecule has 6 N–H and O–H groups in total. The number of unbranched alkanes of at least 4 members (excludes halogenated alkanes) is 38. The maximum Gasteiger partial charge on any atom is 0.305 e. The van der Waals surface area contributed by atoms with Gasteiger partial charge in [0.15, 0.2) is 6.29 Å². The minimum atomic E-state index is -1.57. The summed E-state index contributed by atoms with van der Waals surface area (Å²) in [6, 6.07) is -0.816. The Labute approximate surface area is 448 Å². The summed E-state index contributed by atoms with van der Waals surface area (Å²) in [7, 11) is 0. The summed E-state index contributed by atoms with van der Waals surface area (Å²) >= 11 is 0. The minimum Gasteiger partial charge on any atom is -0.466 e. The molecule has 0 radical (unpaired) electrons. The van der Waals surface area contributed by atoms with E-state index in [4.69, 9.17) is 14.2 Å². The first-order chi connectivity index (χ1) is 35.7. The molecule has 1 aliphatic rings. The van der Waals surface area contributed by atoms with Gasteiger partial charge in [-0.25, -0.2) is 0 Å². The molecule has 430 valence electrons. The van der Waals surface area contributed by atoms with Crippen LogP contribution >= 0.6 is 0 Å². The van der Waals surface area contributed by atoms with Crippen LogP contribution in [0.4, 0.5) is 0 Å². The smallest absolute Gasteiger partial charge is 0.305 e. The van der Waals surface area contributed by atoms with Gasteiger partial charge in [-0.05, 0) is 57.8 Å². The van der Waals surface area contributed by atoms with Gasteiger partial charge >= 0.3 is 5.97 Å². The third-order valence-electron chi connectivity index (χ3n) is 14.8. The number of ether oxygens (including phenoxy) is 3. The normalized spacial score (nSPS) is 19.0. The Bertz CT molecular complexity index is 1260. The van der Waals surface area contributed by atoms with Gasteiger partial charge in [-0.15, -0.1) is 0 Å². The van der Waals surface area contributed by atoms with Gasteiger partial charge in [0, 0.05) is 12.8 Å². The standard InChI is InChI=1S/C62H117NO10/c1-3-5-7-9-11-13-15-16-25-29-32-36-40-44-48-55(65)54(53-72-62-61(70)60(69)59(68)56(52-64)73-62)63-57(66)49-45-41-37-33-30-26-23-21-19-17-18-20-22-24-27-31-35-39-43-47-51-71-58(67)50-46-42-38-34-28-14-12-10-8-6-4-2/h17,19,44,48,54-56,59-62,64-65,68-70H,3-16,18,20-43,45-47,49-53H2,1-2H3,(H,63,66)/b19-17-,48-44+. The average molecular weight is 1040 g/mol. The van der Waals surface area contributed by atoms with E-state index in [0.717, 1.165) is 77.0 Å². The van der Waals surface area contributed by atoms with Crippen molar-refractivity contribution in [3.05, 3.63) is 24.3 Å². The number of amides is 1. The summed E-state index contributed by atoms with van der Waals surface area (Å²) in [6.07, 6.45) is 52.6. The number of nitrogens with one attached hydrogen (secondary N) is 1. The van der Waals surface area contributed by atoms with Gasteiger partial charge in [-0.3, -0.25) is 9.59 Å². The van der Waals surface area contributed by atoms with E-state index in [1.165, 1.54) is 193 Å². The fraction of sp³-hybridized carbons (Fsp3) is 0.903. The Hall–Kier alpha value is -1.86. The number of carbonyl (C=O) groups is 2. The molecule has 0 aromatic carbocycles. The Morgan fingerprint density at radius 1 is 0.493 bits per heavy atom. The topological polar surface area (TPSA) is 175 Å². The molecule has 1 rings (SSSR count). The number of hydrogen-bond donors (Lipinski definition) is 6. The number of aliphatic hydroxyl groups excluding tert-OH is 5. The van der Waals surface area contributed by atoms with Gasteiger partial charge in [0.05, 0.1) is 32.0 Å². The molecule has 1 amide bonds. The van der Waals surface area contributed by atoms with Crippen molar-refractivity contribution in [2.24, 2.45) is 0 Å². The summed E-state index contributed by atoms with van der Waals surface area (Å²) in [5.74, 6) is -0.197. The van der Waals surface area contributed by atoms with Gasteiger partial charge in [-0.2, -0.15) is 0 Å². The van der Waals surface area contributed by atoms with Crippen LogP contribution in [0.25, 0.3) is 0 Å². The van der Waals surface area contributed by atoms with Gasteiger partial charge in [0.2, 0.25) is 5.91 Å². The SMILES string of the molecule is CCCCCCCCCCCCCC/C=C/C(O)C(COC1OC(CO)C(O)C(O)C1O)NC(=O)CCCCCCCCC/C=C\CCCCCCCCCCCOC(=O)CCCCCCCCCCCCC. The first kappa shape index (κ1) is 69.2. The highest BCUT2D eigenvalue weighted by atomic mass is 16.7. The third-order valence-corrected chi connectivity index (χ3v) is 14.8. The molecular weight excluding hydrogens is 919 g/mol. The zero-order valence-corrected chi connectivity index (χ0v) is 47.4. The molecule has 73 heavy (non-hydrogen) atoms. The zero-order chi connectivity index (χ0) is 53.1. The number of carbonyl (C=O) groups excluding carboxylic acids is 2. The van der Waals surface area contributed by atoms with Crippen molar-refractivity contribution in [2.75, 3.05) is 19.8 Å². The molecule has 1 heterocycles. The summed E-state index contributed by atoms with van der Waals surface area (Å²) in [5.41, 5.74) is 0. The van der Waals surface area contributed by atoms with Crippen LogP contribution in [0.3, 0.4) is 0 Å². The lowest BCUT2D eigenvalue weighted by atomic mass is 9.99. The van der Waals surface area contributed by atoms with E-state index in [9.17, 15) is 35.1 Å². The largest absolute Gasteiger partial charge is 0.466 e. The third kappa shape index (κ3) is 41.9. The Morgan fingerprint density at radius 3 is 1.32 bits per heavy atom. The van der Waals surface area contributed by atoms with Crippen molar-refractivity contribution in [1.29, 1.82) is 0 Å². The molecule has 0 aromatic rings. The van der Waals surface area contributed by atoms with E-state index >= 15 is 0 Å². The van der Waals surface area contributed by atoms with E-state index in [1.54, 1.807) is 6.08 Å². The van der Waals surface area contributed by atoms with Crippen LogP contribution in [0.15, 0.2) is 24.3 Å². The summed E-state index contributed by atoms with van der Waals surface area (Å²) in [6.45, 7) is 4.34. The lowest BCUT2D eigenvalue weighted by Crippen LogP contribution is -2.60. The van der Waals surface area contributed by atoms with Crippen LogP contribution in [0.5, 0.6) is 0 Å². The van der Waals surface area contributed by atoms with Gasteiger partial charge in [0.25, 0.3) is 0 Å².